The Labute approximate surface area is 266 Å². The number of amides is 2. The predicted molar refractivity (Wildman–Crippen MR) is 174 cm³/mol. The van der Waals surface area contributed by atoms with Gasteiger partial charge in [-0.2, -0.15) is 0 Å². The van der Waals surface area contributed by atoms with E-state index >= 15 is 0 Å². The topological polar surface area (TPSA) is 91.8 Å². The molecule has 1 aliphatic heterocycles. The molecule has 0 aromatic heterocycles. The molecule has 226 valence electrons. The van der Waals surface area contributed by atoms with Crippen molar-refractivity contribution in [1.82, 2.24) is 0 Å². The molecule has 1 N–H and O–H groups in total. The number of carbonyl (C=O) groups is 4. The summed E-state index contributed by atoms with van der Waals surface area (Å²) in [5, 5.41) is 11.4. The average molecular weight is 606 g/mol. The van der Waals surface area contributed by atoms with E-state index in [-0.39, 0.29) is 35.6 Å². The van der Waals surface area contributed by atoms with Gasteiger partial charge in [-0.15, -0.1) is 0 Å². The van der Waals surface area contributed by atoms with Crippen molar-refractivity contribution in [3.8, 4) is 5.75 Å². The van der Waals surface area contributed by atoms with Crippen LogP contribution in [0.1, 0.15) is 35.4 Å². The highest BCUT2D eigenvalue weighted by Gasteiger charge is 2.66. The molecule has 4 aliphatic rings. The van der Waals surface area contributed by atoms with Crippen LogP contribution in [0.5, 0.6) is 5.75 Å². The number of fused-ring (bicyclic) bond motifs is 4. The molecule has 8 rings (SSSR count). The molecule has 0 bridgehead atoms. The number of phenols is 1. The molecule has 1 heterocycles. The number of allylic oxidation sites excluding steroid dienone is 4. The Bertz CT molecular complexity index is 1960. The number of imide groups is 1. The third-order valence-electron chi connectivity index (χ3n) is 10.6. The van der Waals surface area contributed by atoms with Gasteiger partial charge in [-0.25, -0.2) is 0 Å². The zero-order valence-electron chi connectivity index (χ0n) is 25.0. The molecule has 1 saturated heterocycles. The van der Waals surface area contributed by atoms with Crippen LogP contribution >= 0.6 is 0 Å². The second kappa shape index (κ2) is 10.6. The monoisotopic (exact) mass is 605 g/mol. The maximum atomic E-state index is 15.0. The molecule has 4 aromatic rings. The summed E-state index contributed by atoms with van der Waals surface area (Å²) in [5.41, 5.74) is 2.21. The van der Waals surface area contributed by atoms with Gasteiger partial charge in [-0.1, -0.05) is 109 Å². The Hall–Kier alpha value is -5.36. The first-order valence-electron chi connectivity index (χ1n) is 15.7. The van der Waals surface area contributed by atoms with E-state index in [0.29, 0.717) is 34.4 Å². The molecule has 3 aliphatic carbocycles. The largest absolute Gasteiger partial charge is 0.508 e. The highest BCUT2D eigenvalue weighted by molar-refractivity contribution is 6.32. The zero-order valence-corrected chi connectivity index (χ0v) is 25.0. The molecule has 46 heavy (non-hydrogen) atoms. The number of hydrogen-bond acceptors (Lipinski definition) is 5. The smallest absolute Gasteiger partial charge is 0.238 e. The number of carbonyl (C=O) groups excluding carboxylic acids is 4. The van der Waals surface area contributed by atoms with Crippen LogP contribution in [0.3, 0.4) is 0 Å². The van der Waals surface area contributed by atoms with Crippen LogP contribution in [0, 0.1) is 23.7 Å². The summed E-state index contributed by atoms with van der Waals surface area (Å²) in [7, 11) is 0. The Morgan fingerprint density at radius 3 is 2.02 bits per heavy atom. The molecule has 1 saturated carbocycles. The van der Waals surface area contributed by atoms with E-state index in [1.807, 2.05) is 84.9 Å². The molecule has 6 atom stereocenters. The van der Waals surface area contributed by atoms with Gasteiger partial charge in [-0.3, -0.25) is 24.1 Å². The van der Waals surface area contributed by atoms with E-state index < -0.39 is 35.0 Å². The Kier molecular flexibility index (Phi) is 6.50. The summed E-state index contributed by atoms with van der Waals surface area (Å²) in [6.07, 6.45) is 4.05. The third kappa shape index (κ3) is 3.89. The van der Waals surface area contributed by atoms with Crippen molar-refractivity contribution in [2.75, 3.05) is 4.90 Å². The molecule has 6 heteroatoms. The van der Waals surface area contributed by atoms with Crippen molar-refractivity contribution in [3.05, 3.63) is 150 Å². The summed E-state index contributed by atoms with van der Waals surface area (Å²) < 4.78 is 0. The van der Waals surface area contributed by atoms with Gasteiger partial charge in [0.25, 0.3) is 0 Å². The van der Waals surface area contributed by atoms with Gasteiger partial charge < -0.3 is 5.11 Å². The lowest BCUT2D eigenvalue weighted by molar-refractivity contribution is -0.135. The van der Waals surface area contributed by atoms with E-state index in [1.54, 1.807) is 36.4 Å². The number of hydrogen-bond donors (Lipinski definition) is 1. The molecular formula is C40H31NO5. The van der Waals surface area contributed by atoms with Gasteiger partial charge in [0.1, 0.15) is 5.75 Å². The van der Waals surface area contributed by atoms with Gasteiger partial charge in [0, 0.05) is 23.0 Å². The van der Waals surface area contributed by atoms with Crippen LogP contribution in [0.4, 0.5) is 5.69 Å². The van der Waals surface area contributed by atoms with Crippen molar-refractivity contribution < 1.29 is 24.3 Å². The maximum absolute atomic E-state index is 15.0. The standard InChI is InChI=1S/C40H31NO5/c42-33-19-11-10-18-28(33)36-27-20-21-29-35(39(46)41(38(29)45)26-16-8-3-9-17-26)31(27)22-32-37(44)30(24-12-4-1-5-13-24)23-34(43)40(32,36)25-14-6-2-7-15-25/h1-20,23,29,31-32,35-36,42H,21-22H2. The second-order valence-electron chi connectivity index (χ2n) is 12.7. The first-order valence-corrected chi connectivity index (χ1v) is 15.7. The normalized spacial score (nSPS) is 28.6. The van der Waals surface area contributed by atoms with Gasteiger partial charge in [0.2, 0.25) is 11.8 Å². The van der Waals surface area contributed by atoms with Crippen molar-refractivity contribution in [1.29, 1.82) is 0 Å². The highest BCUT2D eigenvalue weighted by Crippen LogP contribution is 2.64. The number of phenolic OH excluding ortho intramolecular Hbond substituents is 1. The minimum absolute atomic E-state index is 0.0167. The summed E-state index contributed by atoms with van der Waals surface area (Å²) >= 11 is 0. The van der Waals surface area contributed by atoms with E-state index in [1.165, 1.54) is 11.0 Å². The van der Waals surface area contributed by atoms with Gasteiger partial charge >= 0.3 is 0 Å². The van der Waals surface area contributed by atoms with Crippen molar-refractivity contribution in [2.45, 2.75) is 24.2 Å². The Balaban J connectivity index is 1.37. The molecule has 6 unspecified atom stereocenters. The van der Waals surface area contributed by atoms with E-state index in [2.05, 4.69) is 0 Å². The van der Waals surface area contributed by atoms with Gasteiger partial charge in [0.15, 0.2) is 11.6 Å². The molecule has 0 spiro atoms. The molecule has 2 fully saturated rings. The number of anilines is 1. The van der Waals surface area contributed by atoms with Crippen LogP contribution in [0.2, 0.25) is 0 Å². The Morgan fingerprint density at radius 1 is 0.696 bits per heavy atom. The van der Waals surface area contributed by atoms with Crippen LogP contribution in [0.25, 0.3) is 5.57 Å². The van der Waals surface area contributed by atoms with Crippen LogP contribution in [0.15, 0.2) is 133 Å². The van der Waals surface area contributed by atoms with Crippen LogP contribution in [-0.4, -0.2) is 28.5 Å². The molecule has 4 aromatic carbocycles. The molecular weight excluding hydrogens is 574 g/mol. The van der Waals surface area contributed by atoms with Crippen molar-refractivity contribution in [2.24, 2.45) is 23.7 Å². The third-order valence-corrected chi connectivity index (χ3v) is 10.6. The number of rotatable bonds is 4. The first kappa shape index (κ1) is 28.1. The fraction of sp³-hybridized carbons (Fsp3) is 0.200. The average Bonchev–Trinajstić information content (AvgIpc) is 3.36. The minimum Gasteiger partial charge on any atom is -0.508 e. The SMILES string of the molecule is O=C1C(c2ccccc2)=CC(=O)C2(c3ccccc3)C1CC1C(=CCC3C(=O)N(c4ccccc4)C(=O)C31)C2c1ccccc1O. The fourth-order valence-corrected chi connectivity index (χ4v) is 8.78. The van der Waals surface area contributed by atoms with Crippen molar-refractivity contribution in [3.63, 3.8) is 0 Å². The number of nitrogens with zero attached hydrogens (tertiary/aromatic N) is 1. The van der Waals surface area contributed by atoms with Crippen LogP contribution < -0.4 is 4.90 Å². The lowest BCUT2D eigenvalue weighted by Crippen LogP contribution is -2.58. The number of benzene rings is 4. The van der Waals surface area contributed by atoms with E-state index in [4.69, 9.17) is 0 Å². The van der Waals surface area contributed by atoms with Gasteiger partial charge in [-0.05, 0) is 54.2 Å². The van der Waals surface area contributed by atoms with E-state index in [9.17, 15) is 24.3 Å². The van der Waals surface area contributed by atoms with Crippen molar-refractivity contribution >= 4 is 34.6 Å². The quantitative estimate of drug-likeness (QED) is 0.214. The number of aromatic hydroxyl groups is 1. The molecule has 2 amide bonds. The van der Waals surface area contributed by atoms with Crippen LogP contribution in [-0.2, 0) is 24.6 Å². The minimum atomic E-state index is -1.37. The molecule has 0 radical (unpaired) electrons. The summed E-state index contributed by atoms with van der Waals surface area (Å²) in [4.78, 5) is 59.3. The highest BCUT2D eigenvalue weighted by atomic mass is 16.3. The number of ketones is 2. The van der Waals surface area contributed by atoms with Gasteiger partial charge in [0.05, 0.1) is 22.9 Å². The lowest BCUT2D eigenvalue weighted by Gasteiger charge is -2.55. The van der Waals surface area contributed by atoms with E-state index in [0.717, 1.165) is 5.57 Å². The number of para-hydroxylation sites is 2. The first-order chi connectivity index (χ1) is 22.4. The maximum Gasteiger partial charge on any atom is 0.238 e. The Morgan fingerprint density at radius 2 is 1.33 bits per heavy atom. The fourth-order valence-electron chi connectivity index (χ4n) is 8.78. The number of Topliss-reactive ketones (excluding diaryl/α,β-unsaturated/α-hetero) is 1. The zero-order chi connectivity index (χ0) is 31.6. The summed E-state index contributed by atoms with van der Waals surface area (Å²) in [6, 6.07) is 34.5. The lowest BCUT2D eigenvalue weighted by atomic mass is 9.44. The summed E-state index contributed by atoms with van der Waals surface area (Å²) in [5.74, 6) is -4.23. The molecule has 6 nitrogen and oxygen atoms in total. The second-order valence-corrected chi connectivity index (χ2v) is 12.7. The predicted octanol–water partition coefficient (Wildman–Crippen LogP) is 6.42. The summed E-state index contributed by atoms with van der Waals surface area (Å²) in [6.45, 7) is 0.